The van der Waals surface area contributed by atoms with Gasteiger partial charge in [0.15, 0.2) is 0 Å². The summed E-state index contributed by atoms with van der Waals surface area (Å²) in [6, 6.07) is 10.7. The number of rotatable bonds is 4. The molecule has 4 unspecified atom stereocenters. The van der Waals surface area contributed by atoms with Gasteiger partial charge in [-0.2, -0.15) is 0 Å². The van der Waals surface area contributed by atoms with Crippen LogP contribution in [0.5, 0.6) is 0 Å². The topological polar surface area (TPSA) is 51.1 Å². The summed E-state index contributed by atoms with van der Waals surface area (Å²) < 4.78 is 1.62. The Labute approximate surface area is 230 Å². The van der Waals surface area contributed by atoms with E-state index < -0.39 is 0 Å². The van der Waals surface area contributed by atoms with Gasteiger partial charge >= 0.3 is 4.87 Å². The minimum absolute atomic E-state index is 0.00910. The lowest BCUT2D eigenvalue weighted by atomic mass is 9.75. The maximum atomic E-state index is 13.2. The van der Waals surface area contributed by atoms with Crippen LogP contribution < -0.4 is 10.2 Å². The molecule has 2 fully saturated rings. The zero-order chi connectivity index (χ0) is 24.4. The number of anilines is 1. The Morgan fingerprint density at radius 3 is 2.63 bits per heavy atom. The van der Waals surface area contributed by atoms with Crippen molar-refractivity contribution < 1.29 is 4.79 Å². The van der Waals surface area contributed by atoms with Crippen LogP contribution in [0.4, 0.5) is 5.69 Å². The van der Waals surface area contributed by atoms with Gasteiger partial charge in [-0.05, 0) is 66.8 Å². The Morgan fingerprint density at radius 1 is 1.03 bits per heavy atom. The average molecular weight is 586 g/mol. The Kier molecular flexibility index (Phi) is 6.43. The fourth-order valence-electron chi connectivity index (χ4n) is 6.11. The van der Waals surface area contributed by atoms with Crippen LogP contribution in [0.3, 0.4) is 0 Å². The summed E-state index contributed by atoms with van der Waals surface area (Å²) in [7, 11) is 0. The number of thioether (sulfide) groups is 1. The van der Waals surface area contributed by atoms with Crippen LogP contribution in [0.15, 0.2) is 46.2 Å². The van der Waals surface area contributed by atoms with E-state index in [2.05, 4.69) is 5.32 Å². The van der Waals surface area contributed by atoms with E-state index in [1.165, 1.54) is 30.6 Å². The normalized spacial score (nSPS) is 26.5. The number of fused-ring (bicyclic) bond motifs is 6. The van der Waals surface area contributed by atoms with E-state index in [9.17, 15) is 9.59 Å². The van der Waals surface area contributed by atoms with Crippen molar-refractivity contribution in [3.8, 4) is 0 Å². The molecule has 5 atom stereocenters. The summed E-state index contributed by atoms with van der Waals surface area (Å²) >= 11 is 28.2. The number of hydrogen-bond acceptors (Lipinski definition) is 4. The largest absolute Gasteiger partial charge is 0.324 e. The minimum atomic E-state index is -0.293. The third kappa shape index (κ3) is 4.14. The Morgan fingerprint density at radius 2 is 1.83 bits per heavy atom. The molecule has 182 valence electrons. The van der Waals surface area contributed by atoms with E-state index in [4.69, 9.17) is 46.4 Å². The van der Waals surface area contributed by atoms with Crippen LogP contribution in [0, 0.1) is 17.8 Å². The smallest absolute Gasteiger partial charge is 0.308 e. The van der Waals surface area contributed by atoms with Gasteiger partial charge in [-0.15, -0.1) is 11.8 Å². The first-order valence-electron chi connectivity index (χ1n) is 11.4. The molecule has 0 saturated heterocycles. The van der Waals surface area contributed by atoms with Crippen LogP contribution in [0.2, 0.25) is 20.1 Å². The molecule has 2 bridgehead atoms. The van der Waals surface area contributed by atoms with E-state index in [-0.39, 0.29) is 23.2 Å². The second-order valence-corrected chi connectivity index (χ2v) is 13.2. The number of carbonyl (C=O) groups is 1. The Hall–Kier alpha value is -1.15. The number of hydrogen-bond donors (Lipinski definition) is 1. The highest BCUT2D eigenvalue weighted by molar-refractivity contribution is 8.00. The van der Waals surface area contributed by atoms with Crippen molar-refractivity contribution in [2.45, 2.75) is 42.0 Å². The molecule has 3 aliphatic rings. The van der Waals surface area contributed by atoms with E-state index in [0.29, 0.717) is 48.8 Å². The van der Waals surface area contributed by atoms with Gasteiger partial charge < -0.3 is 5.32 Å². The summed E-state index contributed by atoms with van der Waals surface area (Å²) in [4.78, 5) is 27.0. The molecule has 10 heteroatoms. The predicted octanol–water partition coefficient (Wildman–Crippen LogP) is 7.81. The molecule has 1 aromatic heterocycles. The van der Waals surface area contributed by atoms with Crippen molar-refractivity contribution in [2.75, 3.05) is 5.32 Å². The number of carbonyl (C=O) groups excluding carboxylic acids is 1. The standard InChI is InChI=1S/C25H20Cl4N2O2S2/c26-15-7-6-13(9-17(15)28)30-18(32)10-31-24-23(35-25(31)33)20(14-2-1-3-16(27)21(14)29)19-11-4-5-12(8-11)22(19)34-24/h1-3,6-7,9,11-12,19-20,22H,4-5,8,10H2,(H,30,32)/t11?,12?,19?,20-,22?/m0/s1. The minimum Gasteiger partial charge on any atom is -0.324 e. The molecule has 1 amide bonds. The lowest BCUT2D eigenvalue weighted by Gasteiger charge is -2.40. The monoisotopic (exact) mass is 584 g/mol. The molecule has 1 N–H and O–H groups in total. The molecule has 35 heavy (non-hydrogen) atoms. The number of halogens is 4. The van der Waals surface area contributed by atoms with Gasteiger partial charge in [-0.1, -0.05) is 69.9 Å². The third-order valence-electron chi connectivity index (χ3n) is 7.51. The van der Waals surface area contributed by atoms with Gasteiger partial charge in [0, 0.05) is 21.7 Å². The fourth-order valence-corrected chi connectivity index (χ4v) is 9.98. The van der Waals surface area contributed by atoms with Crippen molar-refractivity contribution in [3.05, 3.63) is 76.6 Å². The maximum Gasteiger partial charge on any atom is 0.308 e. The highest BCUT2D eigenvalue weighted by Gasteiger charge is 2.55. The quantitative estimate of drug-likeness (QED) is 0.339. The van der Waals surface area contributed by atoms with E-state index in [0.717, 1.165) is 15.5 Å². The van der Waals surface area contributed by atoms with Crippen LogP contribution in [-0.4, -0.2) is 15.7 Å². The third-order valence-corrected chi connectivity index (χ3v) is 11.9. The molecule has 2 aliphatic carbocycles. The van der Waals surface area contributed by atoms with Crippen LogP contribution in [-0.2, 0) is 11.3 Å². The molecule has 6 rings (SSSR count). The van der Waals surface area contributed by atoms with Gasteiger partial charge in [0.1, 0.15) is 6.54 Å². The molecule has 0 radical (unpaired) electrons. The molecule has 0 spiro atoms. The van der Waals surface area contributed by atoms with Gasteiger partial charge in [0.05, 0.1) is 25.1 Å². The van der Waals surface area contributed by atoms with Crippen molar-refractivity contribution in [1.29, 1.82) is 0 Å². The highest BCUT2D eigenvalue weighted by Crippen LogP contribution is 2.64. The first-order chi connectivity index (χ1) is 16.8. The van der Waals surface area contributed by atoms with Gasteiger partial charge in [0.25, 0.3) is 0 Å². The van der Waals surface area contributed by atoms with E-state index in [1.807, 2.05) is 12.1 Å². The van der Waals surface area contributed by atoms with Crippen LogP contribution in [0.25, 0.3) is 0 Å². The zero-order valence-electron chi connectivity index (χ0n) is 18.3. The fraction of sp³-hybridized carbons (Fsp3) is 0.360. The molecule has 2 saturated carbocycles. The average Bonchev–Trinajstić information content (AvgIpc) is 3.52. The zero-order valence-corrected chi connectivity index (χ0v) is 22.9. The van der Waals surface area contributed by atoms with E-state index >= 15 is 0 Å². The SMILES string of the molecule is O=C(Cn1c2c(sc1=O)[C@@H](c1cccc(Cl)c1Cl)C1C3CCC(C3)C1S2)Nc1ccc(Cl)c(Cl)c1. The van der Waals surface area contributed by atoms with Crippen molar-refractivity contribution in [1.82, 2.24) is 4.57 Å². The molecular formula is C25H20Cl4N2O2S2. The number of aromatic nitrogens is 1. The first kappa shape index (κ1) is 24.2. The molecule has 1 aliphatic heterocycles. The first-order valence-corrected chi connectivity index (χ1v) is 14.6. The lowest BCUT2D eigenvalue weighted by Crippen LogP contribution is -2.35. The molecule has 2 aromatic carbocycles. The van der Waals surface area contributed by atoms with Crippen LogP contribution >= 0.6 is 69.5 Å². The summed E-state index contributed by atoms with van der Waals surface area (Å²) in [6.07, 6.45) is 3.66. The molecular weight excluding hydrogens is 566 g/mol. The summed E-state index contributed by atoms with van der Waals surface area (Å²) in [6.45, 7) is -0.0700. The summed E-state index contributed by atoms with van der Waals surface area (Å²) in [5.74, 6) is 1.37. The van der Waals surface area contributed by atoms with Crippen LogP contribution in [0.1, 0.15) is 35.6 Å². The predicted molar refractivity (Wildman–Crippen MR) is 146 cm³/mol. The summed E-state index contributed by atoms with van der Waals surface area (Å²) in [5, 5.41) is 5.97. The van der Waals surface area contributed by atoms with Gasteiger partial charge in [0.2, 0.25) is 5.91 Å². The molecule has 3 aromatic rings. The lowest BCUT2D eigenvalue weighted by molar-refractivity contribution is -0.116. The number of benzene rings is 2. The van der Waals surface area contributed by atoms with Crippen molar-refractivity contribution in [2.24, 2.45) is 17.8 Å². The van der Waals surface area contributed by atoms with E-state index in [1.54, 1.807) is 40.6 Å². The number of nitrogens with one attached hydrogen (secondary N) is 1. The summed E-state index contributed by atoms with van der Waals surface area (Å²) in [5.41, 5.74) is 1.52. The van der Waals surface area contributed by atoms with Crippen molar-refractivity contribution >= 4 is 81.1 Å². The second kappa shape index (κ2) is 9.30. The Bertz CT molecular complexity index is 1400. The van der Waals surface area contributed by atoms with Gasteiger partial charge in [-0.3, -0.25) is 14.2 Å². The Balaban J connectivity index is 1.38. The highest BCUT2D eigenvalue weighted by atomic mass is 35.5. The van der Waals surface area contributed by atoms with Crippen molar-refractivity contribution in [3.63, 3.8) is 0 Å². The molecule has 4 nitrogen and oxygen atoms in total. The molecule has 2 heterocycles. The second-order valence-electron chi connectivity index (χ2n) is 9.41. The number of amides is 1. The maximum absolute atomic E-state index is 13.2. The number of thiazole rings is 1. The number of nitrogens with zero attached hydrogens (tertiary/aromatic N) is 1. The van der Waals surface area contributed by atoms with Gasteiger partial charge in [-0.25, -0.2) is 0 Å².